The van der Waals surface area contributed by atoms with Crippen molar-refractivity contribution in [1.82, 2.24) is 0 Å². The van der Waals surface area contributed by atoms with E-state index in [1.165, 1.54) is 22.3 Å². The van der Waals surface area contributed by atoms with Gasteiger partial charge >= 0.3 is 0 Å². The van der Waals surface area contributed by atoms with Crippen molar-refractivity contribution in [2.75, 3.05) is 4.90 Å². The number of anilines is 3. The molecule has 3 nitrogen and oxygen atoms in total. The Morgan fingerprint density at radius 2 is 0.738 bits per heavy atom. The molecule has 0 bridgehead atoms. The average molecular weight is 780 g/mol. The van der Waals surface area contributed by atoms with Crippen LogP contribution in [0.1, 0.15) is 0 Å². The normalized spacial score (nSPS) is 11.6. The summed E-state index contributed by atoms with van der Waals surface area (Å²) in [6.45, 7) is 0. The summed E-state index contributed by atoms with van der Waals surface area (Å²) in [6, 6.07) is 79.8. The first-order valence-electron chi connectivity index (χ1n) is 20.7. The standard InChI is InChI=1S/C58H37NO2/c1-3-13-38(14-4-1)40-29-33-44(34-30-40)59(45-35-31-41(32-36-45)39-15-5-2-6-16-39)53-22-12-24-55-56(53)52-37-51(47-17-7-8-19-49(47)58(52)61-55)43-27-25-42(26-28-43)46-20-11-21-50-48-18-9-10-23-54(48)60-57(46)50/h1-37H. The van der Waals surface area contributed by atoms with Crippen molar-refractivity contribution in [2.45, 2.75) is 0 Å². The smallest absolute Gasteiger partial charge is 0.143 e. The molecular formula is C58H37NO2. The van der Waals surface area contributed by atoms with Crippen LogP contribution < -0.4 is 4.90 Å². The van der Waals surface area contributed by atoms with Gasteiger partial charge < -0.3 is 13.7 Å². The minimum atomic E-state index is 0.843. The lowest BCUT2D eigenvalue weighted by molar-refractivity contribution is 0.670. The molecule has 0 aliphatic heterocycles. The molecule has 10 aromatic carbocycles. The van der Waals surface area contributed by atoms with E-state index >= 15 is 0 Å². The van der Waals surface area contributed by atoms with Gasteiger partial charge in [0.1, 0.15) is 22.3 Å². The predicted molar refractivity (Wildman–Crippen MR) is 255 cm³/mol. The van der Waals surface area contributed by atoms with E-state index in [-0.39, 0.29) is 0 Å². The van der Waals surface area contributed by atoms with Gasteiger partial charge in [0, 0.05) is 38.5 Å². The Bertz CT molecular complexity index is 3460. The molecule has 0 spiro atoms. The fraction of sp³-hybridized carbons (Fsp3) is 0. The summed E-state index contributed by atoms with van der Waals surface area (Å²) in [6.07, 6.45) is 0. The van der Waals surface area contributed by atoms with Crippen molar-refractivity contribution in [3.63, 3.8) is 0 Å². The summed E-state index contributed by atoms with van der Waals surface area (Å²) >= 11 is 0. The Balaban J connectivity index is 1.03. The first-order valence-corrected chi connectivity index (χ1v) is 20.7. The largest absolute Gasteiger partial charge is 0.455 e. The lowest BCUT2D eigenvalue weighted by Crippen LogP contribution is -2.10. The highest BCUT2D eigenvalue weighted by Gasteiger charge is 2.22. The van der Waals surface area contributed by atoms with Gasteiger partial charge in [0.05, 0.1) is 11.1 Å². The third-order valence-corrected chi connectivity index (χ3v) is 12.1. The molecule has 12 aromatic rings. The maximum Gasteiger partial charge on any atom is 0.143 e. The predicted octanol–water partition coefficient (Wildman–Crippen LogP) is 16.8. The van der Waals surface area contributed by atoms with E-state index in [4.69, 9.17) is 8.83 Å². The number of hydrogen-bond donors (Lipinski definition) is 0. The Morgan fingerprint density at radius 3 is 1.39 bits per heavy atom. The molecule has 2 heterocycles. The number of furan rings is 2. The van der Waals surface area contributed by atoms with Gasteiger partial charge in [-0.2, -0.15) is 0 Å². The SMILES string of the molecule is c1ccc(-c2ccc(N(c3ccc(-c4ccccc4)cc3)c3cccc4oc5c6ccccc6c(-c6ccc(-c7cccc8c7oc7ccccc78)cc6)cc5c34)cc2)cc1. The summed E-state index contributed by atoms with van der Waals surface area (Å²) in [7, 11) is 0. The van der Waals surface area contributed by atoms with Gasteiger partial charge in [0.25, 0.3) is 0 Å². The highest BCUT2D eigenvalue weighted by molar-refractivity contribution is 6.22. The minimum Gasteiger partial charge on any atom is -0.455 e. The monoisotopic (exact) mass is 779 g/mol. The Kier molecular flexibility index (Phi) is 8.17. The van der Waals surface area contributed by atoms with E-state index in [9.17, 15) is 0 Å². The van der Waals surface area contributed by atoms with Crippen LogP contribution in [-0.4, -0.2) is 0 Å². The van der Waals surface area contributed by atoms with Gasteiger partial charge in [0.2, 0.25) is 0 Å². The van der Waals surface area contributed by atoms with Gasteiger partial charge in [-0.05, 0) is 92.9 Å². The molecule has 0 aliphatic rings. The zero-order valence-corrected chi connectivity index (χ0v) is 33.1. The van der Waals surface area contributed by atoms with E-state index in [2.05, 4.69) is 217 Å². The fourth-order valence-electron chi connectivity index (χ4n) is 9.15. The molecule has 2 aromatic heterocycles. The molecular weight excluding hydrogens is 743 g/mol. The third-order valence-electron chi connectivity index (χ3n) is 12.1. The molecule has 12 rings (SSSR count). The van der Waals surface area contributed by atoms with Gasteiger partial charge in [-0.25, -0.2) is 0 Å². The van der Waals surface area contributed by atoms with Crippen LogP contribution in [0.25, 0.3) is 99.2 Å². The number of benzene rings is 10. The number of fused-ring (bicyclic) bond motifs is 8. The van der Waals surface area contributed by atoms with E-state index in [1.807, 2.05) is 12.1 Å². The van der Waals surface area contributed by atoms with E-state index in [1.54, 1.807) is 0 Å². The number of rotatable bonds is 7. The summed E-state index contributed by atoms with van der Waals surface area (Å²) < 4.78 is 13.3. The molecule has 0 radical (unpaired) electrons. The van der Waals surface area contributed by atoms with Crippen molar-refractivity contribution in [3.8, 4) is 44.5 Å². The average Bonchev–Trinajstić information content (AvgIpc) is 3.92. The maximum absolute atomic E-state index is 6.88. The highest BCUT2D eigenvalue weighted by atomic mass is 16.3. The number of hydrogen-bond acceptors (Lipinski definition) is 3. The second-order valence-electron chi connectivity index (χ2n) is 15.6. The van der Waals surface area contributed by atoms with Crippen LogP contribution in [0.15, 0.2) is 233 Å². The molecule has 3 heteroatoms. The number of para-hydroxylation sites is 2. The van der Waals surface area contributed by atoms with Crippen molar-refractivity contribution >= 4 is 71.7 Å². The second-order valence-corrected chi connectivity index (χ2v) is 15.6. The molecule has 286 valence electrons. The summed E-state index contributed by atoms with van der Waals surface area (Å²) in [5, 5.41) is 6.63. The topological polar surface area (TPSA) is 29.5 Å². The summed E-state index contributed by atoms with van der Waals surface area (Å²) in [4.78, 5) is 2.36. The molecule has 0 atom stereocenters. The maximum atomic E-state index is 6.88. The number of nitrogens with zero attached hydrogens (tertiary/aromatic N) is 1. The Labute approximate surface area is 353 Å². The van der Waals surface area contributed by atoms with Crippen LogP contribution in [0.3, 0.4) is 0 Å². The lowest BCUT2D eigenvalue weighted by atomic mass is 9.93. The molecule has 0 aliphatic carbocycles. The van der Waals surface area contributed by atoms with Gasteiger partial charge in [-0.15, -0.1) is 0 Å². The van der Waals surface area contributed by atoms with Crippen LogP contribution in [0.4, 0.5) is 17.1 Å². The molecule has 0 unspecified atom stereocenters. The minimum absolute atomic E-state index is 0.843. The van der Waals surface area contributed by atoms with E-state index < -0.39 is 0 Å². The van der Waals surface area contributed by atoms with Crippen molar-refractivity contribution in [3.05, 3.63) is 224 Å². The molecule has 0 amide bonds. The quantitative estimate of drug-likeness (QED) is 0.161. The summed E-state index contributed by atoms with van der Waals surface area (Å²) in [5.74, 6) is 0. The van der Waals surface area contributed by atoms with Gasteiger partial charge in [-0.1, -0.05) is 176 Å². The lowest BCUT2D eigenvalue weighted by Gasteiger charge is -2.26. The van der Waals surface area contributed by atoms with Crippen molar-refractivity contribution in [1.29, 1.82) is 0 Å². The van der Waals surface area contributed by atoms with Gasteiger partial charge in [-0.3, -0.25) is 0 Å². The Morgan fingerprint density at radius 1 is 0.279 bits per heavy atom. The third kappa shape index (κ3) is 5.90. The van der Waals surface area contributed by atoms with Gasteiger partial charge in [0.15, 0.2) is 0 Å². The van der Waals surface area contributed by atoms with Crippen LogP contribution in [0.2, 0.25) is 0 Å². The van der Waals surface area contributed by atoms with E-state index in [0.717, 1.165) is 94.0 Å². The molecule has 0 fully saturated rings. The molecule has 0 saturated heterocycles. The fourth-order valence-corrected chi connectivity index (χ4v) is 9.15. The van der Waals surface area contributed by atoms with Crippen molar-refractivity contribution in [2.24, 2.45) is 0 Å². The first kappa shape index (κ1) is 34.9. The molecule has 0 N–H and O–H groups in total. The zero-order chi connectivity index (χ0) is 40.3. The van der Waals surface area contributed by atoms with Crippen LogP contribution in [-0.2, 0) is 0 Å². The van der Waals surface area contributed by atoms with Crippen molar-refractivity contribution < 1.29 is 8.83 Å². The molecule has 61 heavy (non-hydrogen) atoms. The zero-order valence-electron chi connectivity index (χ0n) is 33.1. The molecule has 0 saturated carbocycles. The first-order chi connectivity index (χ1) is 30.2. The second kappa shape index (κ2) is 14.3. The van der Waals surface area contributed by atoms with Crippen LogP contribution in [0, 0.1) is 0 Å². The summed E-state index contributed by atoms with van der Waals surface area (Å²) in [5.41, 5.74) is 15.9. The van der Waals surface area contributed by atoms with Crippen LogP contribution in [0.5, 0.6) is 0 Å². The van der Waals surface area contributed by atoms with Crippen LogP contribution >= 0.6 is 0 Å². The Hall–Kier alpha value is -8.14. The van der Waals surface area contributed by atoms with E-state index in [0.29, 0.717) is 0 Å². The highest BCUT2D eigenvalue weighted by Crippen LogP contribution is 2.47.